The van der Waals surface area contributed by atoms with E-state index < -0.39 is 22.6 Å². The van der Waals surface area contributed by atoms with E-state index in [4.69, 9.17) is 4.74 Å². The molecule has 0 saturated heterocycles. The molecule has 1 heterocycles. The quantitative estimate of drug-likeness (QED) is 0.779. The number of halogens is 3. The van der Waals surface area contributed by atoms with Gasteiger partial charge in [-0.2, -0.15) is 13.2 Å². The molecule has 2 aromatic carbocycles. The van der Waals surface area contributed by atoms with Gasteiger partial charge >= 0.3 is 6.18 Å². The van der Waals surface area contributed by atoms with Gasteiger partial charge in [0.2, 0.25) is 0 Å². The first-order valence-corrected chi connectivity index (χ1v) is 9.35. The number of hydrogen-bond donors (Lipinski definition) is 2. The molecular weight excluding hydrogens is 373 g/mol. The highest BCUT2D eigenvalue weighted by Gasteiger charge is 2.38. The van der Waals surface area contributed by atoms with E-state index in [1.807, 2.05) is 0 Å². The highest BCUT2D eigenvalue weighted by molar-refractivity contribution is 5.62. The van der Waals surface area contributed by atoms with Crippen LogP contribution in [0.15, 0.2) is 27.8 Å². The maximum absolute atomic E-state index is 13.1. The molecule has 0 radical (unpaired) electrons. The minimum Gasteiger partial charge on any atom is -0.491 e. The molecule has 3 atom stereocenters. The Kier molecular flexibility index (Phi) is 4.59. The number of methoxy groups -OCH3 is 1. The topological polar surface area (TPSA) is 67.4 Å². The molecule has 5 nitrogen and oxygen atoms in total. The summed E-state index contributed by atoms with van der Waals surface area (Å²) in [5.74, 6) is 0.609. The Bertz CT molecular complexity index is 963. The molecule has 0 spiro atoms. The molecule has 1 aliphatic heterocycles. The number of rotatable bonds is 4. The van der Waals surface area contributed by atoms with Crippen molar-refractivity contribution in [3.8, 4) is 5.75 Å². The number of hydrogen-bond acceptors (Lipinski definition) is 5. The standard InChI is InChI=1S/C20H21F3N2O3/c1-28-19-16(17(26)18(19)27)25-8-10-2-3-11-9-24-15-5-4-12(20(21,22)23)7-14(15)13(11)6-10/h4-5,7,10-11,13,24-25H,2-3,6,8-9H2,1H3. The molecule has 0 aromatic heterocycles. The summed E-state index contributed by atoms with van der Waals surface area (Å²) in [6, 6.07) is 3.91. The lowest BCUT2D eigenvalue weighted by Gasteiger charge is -2.41. The van der Waals surface area contributed by atoms with E-state index in [1.165, 1.54) is 19.2 Å². The molecule has 8 heteroatoms. The first kappa shape index (κ1) is 18.8. The van der Waals surface area contributed by atoms with Gasteiger partial charge in [0.1, 0.15) is 5.69 Å². The van der Waals surface area contributed by atoms with Crippen LogP contribution in [0.5, 0.6) is 5.75 Å². The summed E-state index contributed by atoms with van der Waals surface area (Å²) in [5, 5.41) is 6.27. The van der Waals surface area contributed by atoms with Crippen molar-refractivity contribution in [3.63, 3.8) is 0 Å². The van der Waals surface area contributed by atoms with Crippen molar-refractivity contribution in [1.82, 2.24) is 0 Å². The zero-order valence-corrected chi connectivity index (χ0v) is 15.4. The monoisotopic (exact) mass is 394 g/mol. The van der Waals surface area contributed by atoms with Gasteiger partial charge in [-0.25, -0.2) is 0 Å². The molecule has 4 rings (SSSR count). The molecule has 0 amide bonds. The number of benzene rings is 1. The van der Waals surface area contributed by atoms with Crippen molar-refractivity contribution in [3.05, 3.63) is 49.8 Å². The summed E-state index contributed by atoms with van der Waals surface area (Å²) in [6.07, 6.45) is -1.80. The van der Waals surface area contributed by atoms with Crippen LogP contribution in [-0.4, -0.2) is 20.2 Å². The Morgan fingerprint density at radius 2 is 2.00 bits per heavy atom. The van der Waals surface area contributed by atoms with Gasteiger partial charge in [0, 0.05) is 18.8 Å². The zero-order valence-electron chi connectivity index (χ0n) is 15.4. The first-order chi connectivity index (χ1) is 13.3. The fourth-order valence-corrected chi connectivity index (χ4v) is 4.55. The van der Waals surface area contributed by atoms with Crippen molar-refractivity contribution >= 4 is 11.4 Å². The molecular formula is C20H21F3N2O3. The van der Waals surface area contributed by atoms with E-state index in [1.54, 1.807) is 0 Å². The third-order valence-electron chi connectivity index (χ3n) is 6.07. The van der Waals surface area contributed by atoms with E-state index in [-0.39, 0.29) is 23.3 Å². The third-order valence-corrected chi connectivity index (χ3v) is 6.07. The van der Waals surface area contributed by atoms with Crippen LogP contribution in [0.2, 0.25) is 0 Å². The van der Waals surface area contributed by atoms with Crippen LogP contribution in [0.3, 0.4) is 0 Å². The molecule has 0 bridgehead atoms. The zero-order chi connectivity index (χ0) is 20.1. The average Bonchev–Trinajstić information content (AvgIpc) is 2.69. The number of ether oxygens (including phenoxy) is 1. The second-order valence-electron chi connectivity index (χ2n) is 7.67. The van der Waals surface area contributed by atoms with Gasteiger partial charge in [-0.05, 0) is 60.8 Å². The van der Waals surface area contributed by atoms with Gasteiger partial charge in [0.15, 0.2) is 5.75 Å². The fraction of sp³-hybridized carbons (Fsp3) is 0.500. The van der Waals surface area contributed by atoms with Crippen LogP contribution in [0.4, 0.5) is 24.5 Å². The van der Waals surface area contributed by atoms with Crippen molar-refractivity contribution in [1.29, 1.82) is 0 Å². The lowest BCUT2D eigenvalue weighted by molar-refractivity contribution is -0.137. The maximum atomic E-state index is 13.1. The number of fused-ring (bicyclic) bond motifs is 3. The number of alkyl halides is 3. The molecule has 1 saturated carbocycles. The minimum atomic E-state index is -4.36. The Hall–Kier alpha value is -2.51. The van der Waals surface area contributed by atoms with Crippen LogP contribution in [0.25, 0.3) is 0 Å². The summed E-state index contributed by atoms with van der Waals surface area (Å²) in [5.41, 5.74) is -0.121. The van der Waals surface area contributed by atoms with Crippen molar-refractivity contribution in [2.24, 2.45) is 11.8 Å². The van der Waals surface area contributed by atoms with Crippen LogP contribution >= 0.6 is 0 Å². The Balaban J connectivity index is 1.51. The molecule has 28 heavy (non-hydrogen) atoms. The molecule has 2 aliphatic rings. The molecule has 2 N–H and O–H groups in total. The van der Waals surface area contributed by atoms with E-state index in [2.05, 4.69) is 10.6 Å². The predicted molar refractivity (Wildman–Crippen MR) is 99.9 cm³/mol. The maximum Gasteiger partial charge on any atom is 0.416 e. The van der Waals surface area contributed by atoms with E-state index in [0.29, 0.717) is 12.5 Å². The second-order valence-corrected chi connectivity index (χ2v) is 7.67. The predicted octanol–water partition coefficient (Wildman–Crippen LogP) is 3.35. The average molecular weight is 394 g/mol. The van der Waals surface area contributed by atoms with Crippen LogP contribution < -0.4 is 26.2 Å². The minimum absolute atomic E-state index is 0.0497. The van der Waals surface area contributed by atoms with Gasteiger partial charge < -0.3 is 15.4 Å². The van der Waals surface area contributed by atoms with E-state index in [9.17, 15) is 22.8 Å². The molecule has 2 aromatic rings. The first-order valence-electron chi connectivity index (χ1n) is 9.35. The summed E-state index contributed by atoms with van der Waals surface area (Å²) in [4.78, 5) is 23.1. The van der Waals surface area contributed by atoms with E-state index in [0.717, 1.165) is 43.1 Å². The highest BCUT2D eigenvalue weighted by atomic mass is 19.4. The molecule has 1 fully saturated rings. The summed E-state index contributed by atoms with van der Waals surface area (Å²) in [7, 11) is 1.34. The molecule has 1 aliphatic carbocycles. The van der Waals surface area contributed by atoms with Gasteiger partial charge in [-0.3, -0.25) is 9.59 Å². The summed E-state index contributed by atoms with van der Waals surface area (Å²) in [6.45, 7) is 1.25. The third kappa shape index (κ3) is 3.14. The van der Waals surface area contributed by atoms with Gasteiger partial charge in [-0.15, -0.1) is 0 Å². The lowest BCUT2D eigenvalue weighted by Crippen LogP contribution is -2.38. The number of anilines is 2. The smallest absolute Gasteiger partial charge is 0.416 e. The van der Waals surface area contributed by atoms with Gasteiger partial charge in [0.05, 0.1) is 12.7 Å². The fourth-order valence-electron chi connectivity index (χ4n) is 4.55. The van der Waals surface area contributed by atoms with Crippen LogP contribution in [0.1, 0.15) is 36.3 Å². The Morgan fingerprint density at radius 3 is 2.71 bits per heavy atom. The normalized spacial score (nSPS) is 24.2. The summed E-state index contributed by atoms with van der Waals surface area (Å²) < 4.78 is 44.4. The number of nitrogens with one attached hydrogen (secondary N) is 2. The molecule has 150 valence electrons. The highest BCUT2D eigenvalue weighted by Crippen LogP contribution is 2.47. The Morgan fingerprint density at radius 1 is 1.21 bits per heavy atom. The lowest BCUT2D eigenvalue weighted by atomic mass is 9.69. The van der Waals surface area contributed by atoms with Crippen LogP contribution in [-0.2, 0) is 6.18 Å². The van der Waals surface area contributed by atoms with Gasteiger partial charge in [-0.1, -0.05) is 0 Å². The Labute approximate surface area is 159 Å². The van der Waals surface area contributed by atoms with Crippen LogP contribution in [0, 0.1) is 11.8 Å². The second kappa shape index (κ2) is 6.83. The SMILES string of the molecule is COc1c(NCC2CCC3CNc4ccc(C(F)(F)F)cc4C3C2)c(=O)c1=O. The summed E-state index contributed by atoms with van der Waals surface area (Å²) >= 11 is 0. The van der Waals surface area contributed by atoms with Crippen molar-refractivity contribution < 1.29 is 17.9 Å². The van der Waals surface area contributed by atoms with Gasteiger partial charge in [0.25, 0.3) is 10.9 Å². The van der Waals surface area contributed by atoms with Crippen molar-refractivity contribution in [2.75, 3.05) is 30.8 Å². The molecule has 3 unspecified atom stereocenters. The van der Waals surface area contributed by atoms with Crippen molar-refractivity contribution in [2.45, 2.75) is 31.4 Å². The van der Waals surface area contributed by atoms with E-state index >= 15 is 0 Å². The largest absolute Gasteiger partial charge is 0.491 e.